The minimum atomic E-state index is -1.04. The summed E-state index contributed by atoms with van der Waals surface area (Å²) in [5, 5.41) is 12.9. The van der Waals surface area contributed by atoms with E-state index < -0.39 is 29.4 Å². The first-order valence-electron chi connectivity index (χ1n) is 27.8. The number of para-hydroxylation sites is 1. The van der Waals surface area contributed by atoms with Crippen LogP contribution < -0.4 is 10.2 Å². The smallest absolute Gasteiger partial charge is 0.335 e. The van der Waals surface area contributed by atoms with Gasteiger partial charge in [0.25, 0.3) is 23.6 Å². The molecule has 0 bridgehead atoms. The highest BCUT2D eigenvalue weighted by molar-refractivity contribution is 6.23. The van der Waals surface area contributed by atoms with Gasteiger partial charge in [-0.3, -0.25) is 19.2 Å². The predicted octanol–water partition coefficient (Wildman–Crippen LogP) is 2.35. The van der Waals surface area contributed by atoms with E-state index in [0.717, 1.165) is 16.5 Å². The summed E-state index contributed by atoms with van der Waals surface area (Å²) in [5.41, 5.74) is 2.18. The van der Waals surface area contributed by atoms with Crippen molar-refractivity contribution < 1.29 is 90.4 Å². The number of urea groups is 1. The molecule has 2 aromatic heterocycles. The van der Waals surface area contributed by atoms with Gasteiger partial charge in [-0.05, 0) is 37.1 Å². The normalized spacial score (nSPS) is 15.2. The van der Waals surface area contributed by atoms with Crippen molar-refractivity contribution in [2.75, 3.05) is 177 Å². The van der Waals surface area contributed by atoms with E-state index in [1.54, 1.807) is 33.8 Å². The highest BCUT2D eigenvalue weighted by atomic mass is 16.7. The van der Waals surface area contributed by atoms with Crippen LogP contribution in [0.3, 0.4) is 0 Å². The fraction of sp³-hybridized carbons (Fsp3) is 0.600. The van der Waals surface area contributed by atoms with Gasteiger partial charge in [-0.2, -0.15) is 0 Å². The third-order valence-electron chi connectivity index (χ3n) is 13.0. The summed E-state index contributed by atoms with van der Waals surface area (Å²) in [7, 11) is 0. The lowest BCUT2D eigenvalue weighted by molar-refractivity contribution is -0.198. The number of aromatic nitrogens is 4. The molecule has 1 spiro atoms. The Morgan fingerprint density at radius 2 is 1.01 bits per heavy atom. The third kappa shape index (κ3) is 20.5. The standard InChI is InChI=1S/C55H76N8O19/c64-49-9-10-50(65)63(49)82-51(66)11-17-70-19-21-72-23-25-74-27-29-76-31-33-78-35-37-80-39-40-81-38-36-79-34-32-77-30-28-75-26-24-73-22-20-71-18-16-61-42-48(58-59-61)44-7-4-8-46-45(44)41-47(56-46)52(67)60-14-12-55(13-15-60)53(68)62(54(69)57-55)43-5-2-1-3-6-43/h1-8,41-42,56H,9-40H2,(H,57,69). The van der Waals surface area contributed by atoms with E-state index in [9.17, 15) is 28.8 Å². The van der Waals surface area contributed by atoms with Crippen LogP contribution in [0.15, 0.2) is 60.8 Å². The fourth-order valence-electron chi connectivity index (χ4n) is 8.70. The first-order valence-corrected chi connectivity index (χ1v) is 27.8. The second-order valence-electron chi connectivity index (χ2n) is 18.7. The number of anilines is 1. The van der Waals surface area contributed by atoms with Gasteiger partial charge in [0.2, 0.25) is 0 Å². The van der Waals surface area contributed by atoms with Crippen molar-refractivity contribution in [2.45, 2.75) is 44.2 Å². The summed E-state index contributed by atoms with van der Waals surface area (Å²) in [6.45, 7) is 10.9. The molecular weight excluding hydrogens is 1080 g/mol. The highest BCUT2D eigenvalue weighted by Crippen LogP contribution is 2.34. The zero-order chi connectivity index (χ0) is 57.5. The van der Waals surface area contributed by atoms with Gasteiger partial charge in [0.05, 0.1) is 183 Å². The molecule has 2 N–H and O–H groups in total. The molecular formula is C55H76N8O19. The molecule has 7 rings (SSSR count). The predicted molar refractivity (Wildman–Crippen MR) is 289 cm³/mol. The first-order chi connectivity index (χ1) is 40.2. The lowest BCUT2D eigenvalue weighted by atomic mass is 9.87. The number of ether oxygens (including phenoxy) is 12. The maximum atomic E-state index is 13.7. The van der Waals surface area contributed by atoms with Crippen LogP contribution in [0, 0.1) is 0 Å². The Bertz CT molecular complexity index is 2560. The molecule has 82 heavy (non-hydrogen) atoms. The molecule has 450 valence electrons. The largest absolute Gasteiger partial charge is 0.378 e. The number of fused-ring (bicyclic) bond motifs is 1. The van der Waals surface area contributed by atoms with Crippen LogP contribution in [0.4, 0.5) is 10.5 Å². The topological polar surface area (TPSA) is 291 Å². The number of carbonyl (C=O) groups excluding carboxylic acids is 6. The Labute approximate surface area is 475 Å². The van der Waals surface area contributed by atoms with Gasteiger partial charge in [-0.1, -0.05) is 35.5 Å². The van der Waals surface area contributed by atoms with Crippen molar-refractivity contribution in [1.29, 1.82) is 0 Å². The average molecular weight is 1150 g/mol. The minimum absolute atomic E-state index is 0.0494. The summed E-state index contributed by atoms with van der Waals surface area (Å²) in [5.74, 6) is -2.22. The Morgan fingerprint density at radius 3 is 1.50 bits per heavy atom. The lowest BCUT2D eigenvalue weighted by Gasteiger charge is -2.37. The molecule has 0 saturated carbocycles. The minimum Gasteiger partial charge on any atom is -0.378 e. The van der Waals surface area contributed by atoms with Gasteiger partial charge in [-0.15, -0.1) is 10.2 Å². The number of H-pyrrole nitrogens is 1. The molecule has 0 atom stereocenters. The maximum absolute atomic E-state index is 13.7. The summed E-state index contributed by atoms with van der Waals surface area (Å²) in [4.78, 5) is 85.6. The molecule has 5 heterocycles. The van der Waals surface area contributed by atoms with Crippen LogP contribution in [0.2, 0.25) is 0 Å². The summed E-state index contributed by atoms with van der Waals surface area (Å²) < 4.78 is 67.9. The van der Waals surface area contributed by atoms with Gasteiger partial charge in [0.15, 0.2) is 0 Å². The van der Waals surface area contributed by atoms with Crippen LogP contribution in [0.1, 0.15) is 42.6 Å². The van der Waals surface area contributed by atoms with Crippen molar-refractivity contribution in [3.8, 4) is 11.3 Å². The van der Waals surface area contributed by atoms with Gasteiger partial charge < -0.3 is 76.9 Å². The molecule has 6 amide bonds. The molecule has 4 aromatic rings. The number of hydroxylamine groups is 2. The lowest BCUT2D eigenvalue weighted by Crippen LogP contribution is -2.56. The number of carbonyl (C=O) groups is 6. The third-order valence-corrected chi connectivity index (χ3v) is 13.0. The monoisotopic (exact) mass is 1150 g/mol. The first kappa shape index (κ1) is 63.2. The molecule has 0 radical (unpaired) electrons. The number of piperidine rings is 1. The van der Waals surface area contributed by atoms with E-state index in [4.69, 9.17) is 61.7 Å². The molecule has 0 aliphatic carbocycles. The van der Waals surface area contributed by atoms with Crippen molar-refractivity contribution >= 4 is 52.2 Å². The van der Waals surface area contributed by atoms with Gasteiger partial charge in [-0.25, -0.2) is 19.2 Å². The Kier molecular flexibility index (Phi) is 27.5. The van der Waals surface area contributed by atoms with Crippen LogP contribution in [-0.4, -0.2) is 243 Å². The summed E-state index contributed by atoms with van der Waals surface area (Å²) >= 11 is 0. The fourth-order valence-corrected chi connectivity index (χ4v) is 8.70. The van der Waals surface area contributed by atoms with Crippen LogP contribution in [0.5, 0.6) is 0 Å². The van der Waals surface area contributed by atoms with Crippen molar-refractivity contribution in [3.05, 3.63) is 66.5 Å². The maximum Gasteiger partial charge on any atom is 0.335 e. The van der Waals surface area contributed by atoms with Crippen molar-refractivity contribution in [3.63, 3.8) is 0 Å². The quantitative estimate of drug-likeness (QED) is 0.0365. The zero-order valence-electron chi connectivity index (χ0n) is 46.3. The Balaban J connectivity index is 0.579. The van der Waals surface area contributed by atoms with Crippen LogP contribution in [-0.2, 0) is 87.4 Å². The van der Waals surface area contributed by atoms with Crippen molar-refractivity contribution in [2.24, 2.45) is 0 Å². The van der Waals surface area contributed by atoms with E-state index in [1.165, 1.54) is 4.90 Å². The number of rotatable bonds is 43. The second kappa shape index (κ2) is 35.6. The molecule has 3 saturated heterocycles. The Morgan fingerprint density at radius 1 is 0.549 bits per heavy atom. The van der Waals surface area contributed by atoms with E-state index in [2.05, 4.69) is 20.6 Å². The number of nitrogens with one attached hydrogen (secondary N) is 2. The van der Waals surface area contributed by atoms with Gasteiger partial charge in [0.1, 0.15) is 16.9 Å². The molecule has 2 aromatic carbocycles. The SMILES string of the molecule is O=C(CCOCCOCCOCCOCCOCCOCCOCCOCCOCCOCCOCCOCCn1cc(-c2cccc3[nH]c(C(=O)N4CCC5(CC4)NC(=O)N(c4ccccc4)C5=O)cc23)nn1)ON1C(=O)CCC1=O. The average Bonchev–Trinajstić information content (AvgIpc) is 3.74. The molecule has 3 aliphatic rings. The number of hydrogen-bond acceptors (Lipinski definition) is 21. The van der Waals surface area contributed by atoms with E-state index >= 15 is 0 Å². The number of hydrogen-bond donors (Lipinski definition) is 2. The van der Waals surface area contributed by atoms with Crippen molar-refractivity contribution in [1.82, 2.24) is 35.3 Å². The second-order valence-corrected chi connectivity index (χ2v) is 18.7. The van der Waals surface area contributed by atoms with Gasteiger partial charge >= 0.3 is 12.0 Å². The van der Waals surface area contributed by atoms with Crippen LogP contribution >= 0.6 is 0 Å². The van der Waals surface area contributed by atoms with E-state index in [0.29, 0.717) is 200 Å². The van der Waals surface area contributed by atoms with Gasteiger partial charge in [0, 0.05) is 42.4 Å². The molecule has 27 nitrogen and oxygen atoms in total. The molecule has 0 unspecified atom stereocenters. The number of amides is 6. The molecule has 27 heteroatoms. The zero-order valence-corrected chi connectivity index (χ0v) is 46.3. The van der Waals surface area contributed by atoms with E-state index in [1.807, 2.05) is 36.5 Å². The summed E-state index contributed by atoms with van der Waals surface area (Å²) in [6.07, 6.45) is 2.49. The summed E-state index contributed by atoms with van der Waals surface area (Å²) in [6, 6.07) is 16.0. The number of likely N-dealkylation sites (tertiary alicyclic amines) is 1. The highest BCUT2D eigenvalue weighted by Gasteiger charge is 2.53. The molecule has 3 aliphatic heterocycles. The number of aromatic amines is 1. The number of benzene rings is 2. The number of imide groups is 2. The molecule has 3 fully saturated rings. The van der Waals surface area contributed by atoms with Crippen LogP contribution in [0.25, 0.3) is 22.2 Å². The number of nitrogens with zero attached hydrogens (tertiary/aromatic N) is 6. The van der Waals surface area contributed by atoms with E-state index in [-0.39, 0.29) is 44.3 Å². The Hall–Kier alpha value is -6.34.